The number of hydrogen-bond donors (Lipinski definition) is 3. The molecule has 0 saturated heterocycles. The number of aliphatic hydroxyl groups is 1. The van der Waals surface area contributed by atoms with Crippen LogP contribution in [0.25, 0.3) is 0 Å². The number of nitrogens with two attached hydrogens (primary N) is 1. The summed E-state index contributed by atoms with van der Waals surface area (Å²) in [5.41, 5.74) is 5.93. The van der Waals surface area contributed by atoms with Crippen molar-refractivity contribution in [1.29, 1.82) is 0 Å². The lowest BCUT2D eigenvalue weighted by molar-refractivity contribution is 0.164. The number of phenolic OH excluding ortho intramolecular Hbond substituents is 1. The first-order valence-electron chi connectivity index (χ1n) is 3.94. The fraction of sp³-hybridized carbons (Fsp3) is 0.333. The third-order valence-electron chi connectivity index (χ3n) is 1.81. The molecule has 1 aromatic carbocycles. The van der Waals surface area contributed by atoms with Crippen LogP contribution >= 0.6 is 0 Å². The molecule has 4 N–H and O–H groups in total. The maximum absolute atomic E-state index is 12.8. The Balaban J connectivity index is 3.01. The highest BCUT2D eigenvalue weighted by Gasteiger charge is 2.13. The molecular formula is C9H12FNO2. The normalized spacial score (nSPS) is 15.4. The van der Waals surface area contributed by atoms with Crippen molar-refractivity contribution in [3.8, 4) is 5.75 Å². The zero-order chi connectivity index (χ0) is 10.0. The lowest BCUT2D eigenvalue weighted by atomic mass is 10.0. The molecule has 1 aromatic rings. The van der Waals surface area contributed by atoms with Gasteiger partial charge in [0.2, 0.25) is 0 Å². The van der Waals surface area contributed by atoms with E-state index in [4.69, 9.17) is 15.9 Å². The van der Waals surface area contributed by atoms with Gasteiger partial charge in [-0.1, -0.05) is 0 Å². The molecule has 4 heteroatoms. The minimum Gasteiger partial charge on any atom is -0.508 e. The van der Waals surface area contributed by atoms with Crippen molar-refractivity contribution in [2.45, 2.75) is 19.1 Å². The van der Waals surface area contributed by atoms with Crippen LogP contribution in [0.3, 0.4) is 0 Å². The first-order chi connectivity index (χ1) is 6.00. The zero-order valence-corrected chi connectivity index (χ0v) is 7.24. The predicted octanol–water partition coefficient (Wildman–Crippen LogP) is 0.912. The summed E-state index contributed by atoms with van der Waals surface area (Å²) in [5.74, 6) is -0.753. The molecule has 0 spiro atoms. The Morgan fingerprint density at radius 2 is 2.00 bits per heavy atom. The molecule has 0 heterocycles. The van der Waals surface area contributed by atoms with Crippen molar-refractivity contribution in [3.05, 3.63) is 29.6 Å². The van der Waals surface area contributed by atoms with Crippen molar-refractivity contribution < 1.29 is 14.6 Å². The molecule has 0 fully saturated rings. The van der Waals surface area contributed by atoms with Gasteiger partial charge in [0.25, 0.3) is 0 Å². The van der Waals surface area contributed by atoms with E-state index in [1.807, 2.05) is 0 Å². The Hall–Kier alpha value is -1.13. The molecule has 0 amide bonds. The van der Waals surface area contributed by atoms with Gasteiger partial charge >= 0.3 is 0 Å². The summed E-state index contributed by atoms with van der Waals surface area (Å²) < 4.78 is 12.8. The van der Waals surface area contributed by atoms with Gasteiger partial charge in [-0.25, -0.2) is 4.39 Å². The highest BCUT2D eigenvalue weighted by Crippen LogP contribution is 2.20. The second kappa shape index (κ2) is 3.72. The molecule has 0 radical (unpaired) electrons. The van der Waals surface area contributed by atoms with Crippen LogP contribution in [-0.4, -0.2) is 16.3 Å². The Morgan fingerprint density at radius 3 is 2.46 bits per heavy atom. The summed E-state index contributed by atoms with van der Waals surface area (Å²) in [6.07, 6.45) is -0.777. The van der Waals surface area contributed by atoms with Gasteiger partial charge in [0, 0.05) is 6.07 Å². The summed E-state index contributed by atoms with van der Waals surface area (Å²) in [6, 6.07) is 2.83. The third-order valence-corrected chi connectivity index (χ3v) is 1.81. The van der Waals surface area contributed by atoms with Gasteiger partial charge in [0.1, 0.15) is 11.6 Å². The maximum atomic E-state index is 12.8. The van der Waals surface area contributed by atoms with E-state index in [0.717, 1.165) is 6.07 Å². The van der Waals surface area contributed by atoms with E-state index in [-0.39, 0.29) is 5.75 Å². The van der Waals surface area contributed by atoms with Crippen molar-refractivity contribution in [2.24, 2.45) is 5.73 Å². The lowest BCUT2D eigenvalue weighted by Gasteiger charge is -2.15. The third kappa shape index (κ3) is 2.40. The quantitative estimate of drug-likeness (QED) is 0.641. The SMILES string of the molecule is C[C@@H](O)[C@@H](N)c1cc(O)cc(F)c1. The van der Waals surface area contributed by atoms with Crippen molar-refractivity contribution in [2.75, 3.05) is 0 Å². The van der Waals surface area contributed by atoms with Crippen molar-refractivity contribution in [1.82, 2.24) is 0 Å². The maximum Gasteiger partial charge on any atom is 0.127 e. The molecule has 0 aliphatic heterocycles. The van der Waals surface area contributed by atoms with Crippen LogP contribution in [0.15, 0.2) is 18.2 Å². The minimum atomic E-state index is -0.777. The fourth-order valence-corrected chi connectivity index (χ4v) is 1.07. The summed E-state index contributed by atoms with van der Waals surface area (Å²) in [7, 11) is 0. The van der Waals surface area contributed by atoms with Crippen LogP contribution in [0.2, 0.25) is 0 Å². The van der Waals surface area contributed by atoms with Gasteiger partial charge in [-0.3, -0.25) is 0 Å². The van der Waals surface area contributed by atoms with Gasteiger partial charge in [0.05, 0.1) is 12.1 Å². The number of phenols is 1. The van der Waals surface area contributed by atoms with E-state index in [9.17, 15) is 4.39 Å². The lowest BCUT2D eigenvalue weighted by Crippen LogP contribution is -2.23. The largest absolute Gasteiger partial charge is 0.508 e. The first kappa shape index (κ1) is 9.95. The number of aliphatic hydroxyl groups excluding tert-OH is 1. The summed E-state index contributed by atoms with van der Waals surface area (Å²) in [6.45, 7) is 1.51. The van der Waals surface area contributed by atoms with Crippen LogP contribution in [0, 0.1) is 5.82 Å². The monoisotopic (exact) mass is 185 g/mol. The molecule has 3 nitrogen and oxygen atoms in total. The Morgan fingerprint density at radius 1 is 1.38 bits per heavy atom. The predicted molar refractivity (Wildman–Crippen MR) is 46.7 cm³/mol. The van der Waals surface area contributed by atoms with Crippen LogP contribution in [0.5, 0.6) is 5.75 Å². The number of aromatic hydroxyl groups is 1. The van der Waals surface area contributed by atoms with Gasteiger partial charge in [0.15, 0.2) is 0 Å². The molecule has 0 aromatic heterocycles. The smallest absolute Gasteiger partial charge is 0.127 e. The van der Waals surface area contributed by atoms with Gasteiger partial charge < -0.3 is 15.9 Å². The van der Waals surface area contributed by atoms with Crippen LogP contribution < -0.4 is 5.73 Å². The molecule has 13 heavy (non-hydrogen) atoms. The molecule has 2 atom stereocenters. The Bertz CT molecular complexity index is 281. The second-order valence-electron chi connectivity index (χ2n) is 3.01. The van der Waals surface area contributed by atoms with E-state index in [0.29, 0.717) is 5.56 Å². The van der Waals surface area contributed by atoms with E-state index < -0.39 is 18.0 Å². The molecule has 0 unspecified atom stereocenters. The Labute approximate surface area is 75.6 Å². The minimum absolute atomic E-state index is 0.189. The topological polar surface area (TPSA) is 66.5 Å². The van der Waals surface area contributed by atoms with Crippen LogP contribution in [0.4, 0.5) is 4.39 Å². The molecule has 0 aliphatic carbocycles. The number of rotatable bonds is 2. The van der Waals surface area contributed by atoms with E-state index in [1.54, 1.807) is 0 Å². The Kier molecular flexibility index (Phi) is 2.85. The van der Waals surface area contributed by atoms with Gasteiger partial charge in [-0.15, -0.1) is 0 Å². The summed E-state index contributed by atoms with van der Waals surface area (Å²) in [4.78, 5) is 0. The van der Waals surface area contributed by atoms with Crippen molar-refractivity contribution in [3.63, 3.8) is 0 Å². The van der Waals surface area contributed by atoms with E-state index >= 15 is 0 Å². The zero-order valence-electron chi connectivity index (χ0n) is 7.24. The number of halogens is 1. The molecular weight excluding hydrogens is 173 g/mol. The summed E-state index contributed by atoms with van der Waals surface area (Å²) in [5, 5.41) is 18.2. The van der Waals surface area contributed by atoms with Gasteiger partial charge in [-0.2, -0.15) is 0 Å². The highest BCUT2D eigenvalue weighted by molar-refractivity contribution is 5.30. The average Bonchev–Trinajstić information content (AvgIpc) is 2.01. The molecule has 0 saturated carbocycles. The highest BCUT2D eigenvalue weighted by atomic mass is 19.1. The van der Waals surface area contributed by atoms with Crippen molar-refractivity contribution >= 4 is 0 Å². The molecule has 0 aliphatic rings. The van der Waals surface area contributed by atoms with Crippen LogP contribution in [0.1, 0.15) is 18.5 Å². The number of benzene rings is 1. The molecule has 1 rings (SSSR count). The first-order valence-corrected chi connectivity index (χ1v) is 3.94. The van der Waals surface area contributed by atoms with E-state index in [2.05, 4.69) is 0 Å². The fourth-order valence-electron chi connectivity index (χ4n) is 1.07. The standard InChI is InChI=1S/C9H12FNO2/c1-5(12)9(11)6-2-7(10)4-8(13)3-6/h2-5,9,12-13H,11H2,1H3/t5-,9-/m1/s1. The van der Waals surface area contributed by atoms with Crippen LogP contribution in [-0.2, 0) is 0 Å². The van der Waals surface area contributed by atoms with E-state index in [1.165, 1.54) is 19.1 Å². The second-order valence-corrected chi connectivity index (χ2v) is 3.01. The van der Waals surface area contributed by atoms with Gasteiger partial charge in [-0.05, 0) is 24.6 Å². The molecule has 0 bridgehead atoms. The summed E-state index contributed by atoms with van der Waals surface area (Å²) >= 11 is 0. The number of hydrogen-bond acceptors (Lipinski definition) is 3. The molecule has 72 valence electrons. The average molecular weight is 185 g/mol.